The van der Waals surface area contributed by atoms with Crippen molar-refractivity contribution in [2.75, 3.05) is 6.61 Å². The number of carbonyl (C=O) groups excluding carboxylic acids is 1. The molecular formula is C72H139NO5. The van der Waals surface area contributed by atoms with Crippen molar-refractivity contribution >= 4 is 5.91 Å². The number of carbonyl (C=O) groups is 1. The van der Waals surface area contributed by atoms with Gasteiger partial charge in [0.15, 0.2) is 0 Å². The maximum Gasteiger partial charge on any atom is 0.249 e. The summed E-state index contributed by atoms with van der Waals surface area (Å²) in [4.78, 5) is 12.7. The van der Waals surface area contributed by atoms with Gasteiger partial charge in [-0.25, -0.2) is 0 Å². The lowest BCUT2D eigenvalue weighted by atomic mass is 10.00. The van der Waals surface area contributed by atoms with Crippen molar-refractivity contribution in [3.05, 3.63) is 36.5 Å². The van der Waals surface area contributed by atoms with Crippen LogP contribution < -0.4 is 5.32 Å². The summed E-state index contributed by atoms with van der Waals surface area (Å²) in [5.41, 5.74) is 0. The molecule has 4 atom stereocenters. The molecule has 0 aliphatic carbocycles. The number of unbranched alkanes of at least 4 members (excludes halogenated alkanes) is 51. The maximum absolute atomic E-state index is 12.7. The summed E-state index contributed by atoms with van der Waals surface area (Å²) in [5, 5.41) is 44.2. The monoisotopic (exact) mass is 1100 g/mol. The molecule has 4 unspecified atom stereocenters. The van der Waals surface area contributed by atoms with Crippen molar-refractivity contribution < 1.29 is 25.2 Å². The van der Waals surface area contributed by atoms with E-state index >= 15 is 0 Å². The van der Waals surface area contributed by atoms with Crippen LogP contribution >= 0.6 is 0 Å². The number of amides is 1. The Hall–Kier alpha value is -1.47. The molecule has 0 aromatic heterocycles. The molecule has 78 heavy (non-hydrogen) atoms. The zero-order valence-corrected chi connectivity index (χ0v) is 52.7. The van der Waals surface area contributed by atoms with Crippen LogP contribution in [0, 0.1) is 0 Å². The van der Waals surface area contributed by atoms with Crippen molar-refractivity contribution in [3.63, 3.8) is 0 Å². The Morgan fingerprint density at radius 3 is 0.808 bits per heavy atom. The van der Waals surface area contributed by atoms with E-state index in [1.165, 1.54) is 315 Å². The topological polar surface area (TPSA) is 110 Å². The molecule has 462 valence electrons. The van der Waals surface area contributed by atoms with Gasteiger partial charge in [0, 0.05) is 0 Å². The van der Waals surface area contributed by atoms with E-state index in [0.717, 1.165) is 38.5 Å². The first-order valence-electron chi connectivity index (χ1n) is 35.4. The van der Waals surface area contributed by atoms with E-state index in [9.17, 15) is 25.2 Å². The average molecular weight is 1100 g/mol. The van der Waals surface area contributed by atoms with E-state index in [-0.39, 0.29) is 0 Å². The fourth-order valence-corrected chi connectivity index (χ4v) is 11.3. The Bertz CT molecular complexity index is 1230. The molecule has 0 aliphatic rings. The van der Waals surface area contributed by atoms with Crippen LogP contribution in [0.15, 0.2) is 36.5 Å². The molecule has 0 rings (SSSR count). The smallest absolute Gasteiger partial charge is 0.249 e. The fourth-order valence-electron chi connectivity index (χ4n) is 11.3. The highest BCUT2D eigenvalue weighted by atomic mass is 16.3. The van der Waals surface area contributed by atoms with Crippen LogP contribution in [0.2, 0.25) is 0 Å². The fraction of sp³-hybridized carbons (Fsp3) is 0.903. The van der Waals surface area contributed by atoms with Gasteiger partial charge < -0.3 is 25.7 Å². The van der Waals surface area contributed by atoms with Gasteiger partial charge in [-0.05, 0) is 77.0 Å². The zero-order chi connectivity index (χ0) is 56.6. The Balaban J connectivity index is 3.59. The summed E-state index contributed by atoms with van der Waals surface area (Å²) >= 11 is 0. The molecule has 6 nitrogen and oxygen atoms in total. The summed E-state index contributed by atoms with van der Waals surface area (Å²) in [6, 6.07) is -1.01. The van der Waals surface area contributed by atoms with Crippen LogP contribution in [-0.4, -0.2) is 57.3 Å². The van der Waals surface area contributed by atoms with Gasteiger partial charge in [0.05, 0.1) is 18.8 Å². The molecule has 0 fully saturated rings. The molecule has 0 saturated carbocycles. The molecule has 5 N–H and O–H groups in total. The predicted molar refractivity (Wildman–Crippen MR) is 344 cm³/mol. The van der Waals surface area contributed by atoms with E-state index in [2.05, 4.69) is 55.6 Å². The van der Waals surface area contributed by atoms with Gasteiger partial charge in [0.2, 0.25) is 5.91 Å². The van der Waals surface area contributed by atoms with Crippen molar-refractivity contribution in [2.24, 2.45) is 0 Å². The minimum Gasteiger partial charge on any atom is -0.394 e. The van der Waals surface area contributed by atoms with E-state index in [0.29, 0.717) is 19.3 Å². The van der Waals surface area contributed by atoms with Crippen LogP contribution in [-0.2, 0) is 4.79 Å². The van der Waals surface area contributed by atoms with E-state index in [1.54, 1.807) is 0 Å². The van der Waals surface area contributed by atoms with Crippen molar-refractivity contribution in [1.29, 1.82) is 0 Å². The third kappa shape index (κ3) is 59.2. The Labute approximate surface area is 487 Å². The molecule has 0 heterocycles. The second kappa shape index (κ2) is 66.3. The highest BCUT2D eigenvalue weighted by Gasteiger charge is 2.28. The van der Waals surface area contributed by atoms with E-state index < -0.39 is 36.9 Å². The first-order chi connectivity index (χ1) is 38.5. The van der Waals surface area contributed by atoms with Crippen LogP contribution in [0.1, 0.15) is 386 Å². The molecule has 0 saturated heterocycles. The number of aliphatic hydroxyl groups excluding tert-OH is 4. The quantitative estimate of drug-likeness (QED) is 0.0308. The van der Waals surface area contributed by atoms with Crippen molar-refractivity contribution in [3.8, 4) is 0 Å². The first kappa shape index (κ1) is 76.5. The number of hydrogen-bond donors (Lipinski definition) is 5. The second-order valence-corrected chi connectivity index (χ2v) is 24.6. The zero-order valence-electron chi connectivity index (χ0n) is 52.7. The summed E-state index contributed by atoms with van der Waals surface area (Å²) < 4.78 is 0. The highest BCUT2D eigenvalue weighted by molar-refractivity contribution is 5.80. The number of aliphatic hydroxyl groups is 4. The normalized spacial score (nSPS) is 13.7. The number of hydrogen-bond acceptors (Lipinski definition) is 5. The van der Waals surface area contributed by atoms with E-state index in [1.807, 2.05) is 0 Å². The standard InChI is InChI=1S/C72H139NO5/c1-3-5-7-9-11-13-15-17-19-21-23-25-27-29-31-33-35-36-38-39-41-43-45-47-49-51-53-55-57-59-61-63-65-69(75)71(77)68(67-74)73-72(78)70(76)66-64-62-60-58-56-54-52-50-48-46-44-42-40-37-34-32-30-28-26-24-22-20-18-16-14-12-10-8-6-4-2/h30,32,49,51,57,59,68-71,74-77H,3-29,31,33-48,50,52-56,58,60-67H2,1-2H3,(H,73,78)/b32-30-,51-49+,59-57+. The SMILES string of the molecule is CCCCCCCCCCCCCC/C=C\CCCCCCCCCCCCCCCCC(O)C(=O)NC(CO)C(O)C(O)CCC/C=C/CC/C=C/CCCCCCCCCCCCCCCCCCCCCCCCC. The van der Waals surface area contributed by atoms with Crippen LogP contribution in [0.3, 0.4) is 0 Å². The number of rotatable bonds is 66. The Morgan fingerprint density at radius 1 is 0.308 bits per heavy atom. The maximum atomic E-state index is 12.7. The van der Waals surface area contributed by atoms with Crippen molar-refractivity contribution in [2.45, 2.75) is 411 Å². The predicted octanol–water partition coefficient (Wildman–Crippen LogP) is 21.9. The van der Waals surface area contributed by atoms with Crippen LogP contribution in [0.4, 0.5) is 0 Å². The highest BCUT2D eigenvalue weighted by Crippen LogP contribution is 2.19. The van der Waals surface area contributed by atoms with Gasteiger partial charge in [-0.3, -0.25) is 4.79 Å². The largest absolute Gasteiger partial charge is 0.394 e. The van der Waals surface area contributed by atoms with E-state index in [4.69, 9.17) is 0 Å². The summed E-state index contributed by atoms with van der Waals surface area (Å²) in [5.74, 6) is -0.592. The molecule has 1 amide bonds. The van der Waals surface area contributed by atoms with Crippen LogP contribution in [0.25, 0.3) is 0 Å². The van der Waals surface area contributed by atoms with Gasteiger partial charge in [-0.1, -0.05) is 346 Å². The molecule has 0 radical (unpaired) electrons. The van der Waals surface area contributed by atoms with Crippen molar-refractivity contribution in [1.82, 2.24) is 5.32 Å². The molecule has 0 aromatic carbocycles. The summed E-state index contributed by atoms with van der Waals surface area (Å²) in [7, 11) is 0. The average Bonchev–Trinajstić information content (AvgIpc) is 3.45. The molecule has 0 bridgehead atoms. The molecular weight excluding hydrogens is 959 g/mol. The molecule has 0 spiro atoms. The first-order valence-corrected chi connectivity index (χ1v) is 35.4. The molecule has 0 aliphatic heterocycles. The lowest BCUT2D eigenvalue weighted by Crippen LogP contribution is -2.53. The number of allylic oxidation sites excluding steroid dienone is 6. The van der Waals surface area contributed by atoms with Gasteiger partial charge in [-0.2, -0.15) is 0 Å². The summed E-state index contributed by atoms with van der Waals surface area (Å²) in [6.07, 6.45) is 85.7. The van der Waals surface area contributed by atoms with Gasteiger partial charge in [-0.15, -0.1) is 0 Å². The van der Waals surface area contributed by atoms with Gasteiger partial charge in [0.25, 0.3) is 0 Å². The molecule has 6 heteroatoms. The van der Waals surface area contributed by atoms with Gasteiger partial charge >= 0.3 is 0 Å². The third-order valence-electron chi connectivity index (χ3n) is 16.8. The summed E-state index contributed by atoms with van der Waals surface area (Å²) in [6.45, 7) is 4.09. The minimum absolute atomic E-state index is 0.362. The lowest BCUT2D eigenvalue weighted by molar-refractivity contribution is -0.132. The Kier molecular flexibility index (Phi) is 65.1. The second-order valence-electron chi connectivity index (χ2n) is 24.6. The van der Waals surface area contributed by atoms with Crippen LogP contribution in [0.5, 0.6) is 0 Å². The number of nitrogens with one attached hydrogen (secondary N) is 1. The molecule has 0 aromatic rings. The Morgan fingerprint density at radius 2 is 0.538 bits per heavy atom. The lowest BCUT2D eigenvalue weighted by Gasteiger charge is -2.27. The minimum atomic E-state index is -1.29. The van der Waals surface area contributed by atoms with Gasteiger partial charge in [0.1, 0.15) is 12.2 Å². The third-order valence-corrected chi connectivity index (χ3v) is 16.8.